The van der Waals surface area contributed by atoms with E-state index in [0.717, 1.165) is 4.47 Å². The van der Waals surface area contributed by atoms with Crippen LogP contribution in [0.15, 0.2) is 53.0 Å². The molecule has 1 N–H and O–H groups in total. The van der Waals surface area contributed by atoms with Gasteiger partial charge in [0, 0.05) is 15.7 Å². The molecule has 2 rings (SSSR count). The number of Topliss-reactive ketones (excluding diaryl/α,β-unsaturated/α-hetero) is 1. The van der Waals surface area contributed by atoms with Crippen molar-refractivity contribution in [3.8, 4) is 0 Å². The summed E-state index contributed by atoms with van der Waals surface area (Å²) in [6, 6.07) is 13.2. The van der Waals surface area contributed by atoms with Gasteiger partial charge in [-0.2, -0.15) is 0 Å². The number of nitrogens with one attached hydrogen (secondary N) is 1. The number of benzene rings is 2. The van der Waals surface area contributed by atoms with Gasteiger partial charge in [-0.1, -0.05) is 28.1 Å². The molecule has 23 heavy (non-hydrogen) atoms. The van der Waals surface area contributed by atoms with Crippen LogP contribution in [-0.2, 0) is 9.53 Å². The third-order valence-electron chi connectivity index (χ3n) is 2.97. The average molecular weight is 376 g/mol. The summed E-state index contributed by atoms with van der Waals surface area (Å²) >= 11 is 3.27. The van der Waals surface area contributed by atoms with Gasteiger partial charge in [-0.3, -0.25) is 9.59 Å². The van der Waals surface area contributed by atoms with Crippen LogP contribution in [-0.4, -0.2) is 24.3 Å². The molecular formula is C17H14BrNO4. The summed E-state index contributed by atoms with van der Waals surface area (Å²) in [5.41, 5.74) is 1.33. The molecule has 0 aliphatic carbocycles. The van der Waals surface area contributed by atoms with Gasteiger partial charge in [0.05, 0.1) is 5.56 Å². The van der Waals surface area contributed by atoms with Gasteiger partial charge in [0.1, 0.15) is 0 Å². The second-order valence-electron chi connectivity index (χ2n) is 4.77. The fourth-order valence-electron chi connectivity index (χ4n) is 1.81. The van der Waals surface area contributed by atoms with Gasteiger partial charge in [0.2, 0.25) is 0 Å². The smallest absolute Gasteiger partial charge is 0.338 e. The van der Waals surface area contributed by atoms with Crippen LogP contribution in [0.1, 0.15) is 27.6 Å². The van der Waals surface area contributed by atoms with Crippen molar-refractivity contribution in [1.82, 2.24) is 0 Å². The van der Waals surface area contributed by atoms with Crippen LogP contribution in [0.25, 0.3) is 0 Å². The summed E-state index contributed by atoms with van der Waals surface area (Å²) < 4.78 is 5.79. The van der Waals surface area contributed by atoms with Crippen LogP contribution in [0, 0.1) is 0 Å². The highest BCUT2D eigenvalue weighted by Gasteiger charge is 2.10. The molecule has 0 aliphatic rings. The van der Waals surface area contributed by atoms with Crippen molar-refractivity contribution in [2.75, 3.05) is 11.9 Å². The largest absolute Gasteiger partial charge is 0.452 e. The summed E-state index contributed by atoms with van der Waals surface area (Å²) in [7, 11) is 0. The van der Waals surface area contributed by atoms with Crippen LogP contribution in [0.2, 0.25) is 0 Å². The van der Waals surface area contributed by atoms with Crippen molar-refractivity contribution >= 4 is 39.3 Å². The molecule has 0 unspecified atom stereocenters. The molecular weight excluding hydrogens is 362 g/mol. The lowest BCUT2D eigenvalue weighted by atomic mass is 10.1. The zero-order valence-corrected chi connectivity index (χ0v) is 13.9. The lowest BCUT2D eigenvalue weighted by Gasteiger charge is -2.07. The van der Waals surface area contributed by atoms with Crippen LogP contribution < -0.4 is 5.32 Å². The van der Waals surface area contributed by atoms with E-state index < -0.39 is 18.5 Å². The monoisotopic (exact) mass is 375 g/mol. The van der Waals surface area contributed by atoms with E-state index in [9.17, 15) is 14.4 Å². The first-order valence-corrected chi connectivity index (χ1v) is 7.58. The lowest BCUT2D eigenvalue weighted by Crippen LogP contribution is -2.21. The molecule has 0 spiro atoms. The molecule has 0 atom stereocenters. The van der Waals surface area contributed by atoms with Gasteiger partial charge in [-0.25, -0.2) is 4.79 Å². The van der Waals surface area contributed by atoms with Gasteiger partial charge >= 0.3 is 5.97 Å². The summed E-state index contributed by atoms with van der Waals surface area (Å²) in [5.74, 6) is -1.15. The number of anilines is 1. The Labute approximate surface area is 141 Å². The predicted molar refractivity (Wildman–Crippen MR) is 89.5 cm³/mol. The number of halogens is 1. The number of ether oxygens (including phenoxy) is 1. The molecule has 0 saturated heterocycles. The molecule has 5 nitrogen and oxygen atoms in total. The van der Waals surface area contributed by atoms with Crippen molar-refractivity contribution in [2.24, 2.45) is 0 Å². The standard InChI is InChI=1S/C17H14BrNO4/c1-11(20)13-3-2-4-15(9-13)19-16(21)10-23-17(22)12-5-7-14(18)8-6-12/h2-9H,10H2,1H3,(H,19,21). The van der Waals surface area contributed by atoms with Crippen molar-refractivity contribution in [3.63, 3.8) is 0 Å². The van der Waals surface area contributed by atoms with Crippen molar-refractivity contribution in [1.29, 1.82) is 0 Å². The molecule has 2 aromatic carbocycles. The number of ketones is 1. The van der Waals surface area contributed by atoms with E-state index in [1.165, 1.54) is 6.92 Å². The maximum absolute atomic E-state index is 11.8. The van der Waals surface area contributed by atoms with E-state index in [2.05, 4.69) is 21.2 Å². The van der Waals surface area contributed by atoms with Gasteiger partial charge in [0.15, 0.2) is 12.4 Å². The molecule has 118 valence electrons. The molecule has 0 fully saturated rings. The molecule has 0 bridgehead atoms. The highest BCUT2D eigenvalue weighted by molar-refractivity contribution is 9.10. The van der Waals surface area contributed by atoms with E-state index in [4.69, 9.17) is 4.74 Å². The average Bonchev–Trinajstić information content (AvgIpc) is 2.53. The normalized spacial score (nSPS) is 10.0. The van der Waals surface area contributed by atoms with Crippen LogP contribution in [0.4, 0.5) is 5.69 Å². The minimum Gasteiger partial charge on any atom is -0.452 e. The Bertz CT molecular complexity index is 741. The molecule has 6 heteroatoms. The van der Waals surface area contributed by atoms with E-state index in [1.807, 2.05) is 0 Å². The van der Waals surface area contributed by atoms with Gasteiger partial charge in [-0.05, 0) is 43.3 Å². The Morgan fingerprint density at radius 2 is 1.74 bits per heavy atom. The van der Waals surface area contributed by atoms with Gasteiger partial charge in [0.25, 0.3) is 5.91 Å². The van der Waals surface area contributed by atoms with E-state index in [-0.39, 0.29) is 5.78 Å². The minimum absolute atomic E-state index is 0.0947. The summed E-state index contributed by atoms with van der Waals surface area (Å²) in [6.07, 6.45) is 0. The fourth-order valence-corrected chi connectivity index (χ4v) is 2.08. The highest BCUT2D eigenvalue weighted by Crippen LogP contribution is 2.12. The Morgan fingerprint density at radius 1 is 1.04 bits per heavy atom. The van der Waals surface area contributed by atoms with E-state index in [1.54, 1.807) is 48.5 Å². The maximum atomic E-state index is 11.8. The highest BCUT2D eigenvalue weighted by atomic mass is 79.9. The maximum Gasteiger partial charge on any atom is 0.338 e. The zero-order valence-electron chi connectivity index (χ0n) is 12.3. The molecule has 0 aromatic heterocycles. The Kier molecular flexibility index (Phi) is 5.65. The molecule has 0 heterocycles. The second-order valence-corrected chi connectivity index (χ2v) is 5.68. The van der Waals surface area contributed by atoms with Crippen LogP contribution in [0.3, 0.4) is 0 Å². The molecule has 2 aromatic rings. The number of carbonyl (C=O) groups is 3. The Morgan fingerprint density at radius 3 is 2.39 bits per heavy atom. The quantitative estimate of drug-likeness (QED) is 0.641. The second kappa shape index (κ2) is 7.69. The summed E-state index contributed by atoms with van der Waals surface area (Å²) in [6.45, 7) is 1.04. The predicted octanol–water partition coefficient (Wildman–Crippen LogP) is 3.45. The van der Waals surface area contributed by atoms with Crippen LogP contribution in [0.5, 0.6) is 0 Å². The third kappa shape index (κ3) is 5.03. The van der Waals surface area contributed by atoms with Gasteiger partial charge < -0.3 is 10.1 Å². The SMILES string of the molecule is CC(=O)c1cccc(NC(=O)COC(=O)c2ccc(Br)cc2)c1. The zero-order chi connectivity index (χ0) is 16.8. The first kappa shape index (κ1) is 16.9. The summed E-state index contributed by atoms with van der Waals surface area (Å²) in [5, 5.41) is 2.58. The number of esters is 1. The Balaban J connectivity index is 1.90. The van der Waals surface area contributed by atoms with E-state index >= 15 is 0 Å². The molecule has 0 radical (unpaired) electrons. The Hall–Kier alpha value is -2.47. The summed E-state index contributed by atoms with van der Waals surface area (Å²) in [4.78, 5) is 34.9. The van der Waals surface area contributed by atoms with Crippen LogP contribution >= 0.6 is 15.9 Å². The third-order valence-corrected chi connectivity index (χ3v) is 3.50. The molecule has 0 saturated carbocycles. The first-order chi connectivity index (χ1) is 11.0. The lowest BCUT2D eigenvalue weighted by molar-refractivity contribution is -0.119. The number of rotatable bonds is 5. The molecule has 0 aliphatic heterocycles. The van der Waals surface area contributed by atoms with Crippen molar-refractivity contribution < 1.29 is 19.1 Å². The minimum atomic E-state index is -0.579. The van der Waals surface area contributed by atoms with Crippen molar-refractivity contribution in [3.05, 3.63) is 64.1 Å². The van der Waals surface area contributed by atoms with E-state index in [0.29, 0.717) is 16.8 Å². The van der Waals surface area contributed by atoms with Gasteiger partial charge in [-0.15, -0.1) is 0 Å². The number of hydrogen-bond acceptors (Lipinski definition) is 4. The number of carbonyl (C=O) groups excluding carboxylic acids is 3. The topological polar surface area (TPSA) is 72.5 Å². The first-order valence-electron chi connectivity index (χ1n) is 6.79. The number of hydrogen-bond donors (Lipinski definition) is 1. The number of amides is 1. The fraction of sp³-hybridized carbons (Fsp3) is 0.118. The molecule has 1 amide bonds. The van der Waals surface area contributed by atoms with Crippen molar-refractivity contribution in [2.45, 2.75) is 6.92 Å².